The molecule has 0 bridgehead atoms. The molecular weight excluding hydrogens is 208 g/mol. The second-order valence-corrected chi connectivity index (χ2v) is 5.83. The van der Waals surface area contributed by atoms with Crippen LogP contribution < -0.4 is 10.2 Å². The first-order valence-corrected chi connectivity index (χ1v) is 6.62. The molecule has 0 saturated carbocycles. The fourth-order valence-electron chi connectivity index (χ4n) is 2.77. The highest BCUT2D eigenvalue weighted by atomic mass is 15.2. The van der Waals surface area contributed by atoms with Crippen molar-refractivity contribution in [2.24, 2.45) is 0 Å². The van der Waals surface area contributed by atoms with Gasteiger partial charge in [-0.1, -0.05) is 19.1 Å². The Labute approximate surface area is 105 Å². The summed E-state index contributed by atoms with van der Waals surface area (Å²) in [5, 5.41) is 3.64. The Hall–Kier alpha value is -1.02. The first-order chi connectivity index (χ1) is 8.00. The fraction of sp³-hybridized carbons (Fsp3) is 0.600. The van der Waals surface area contributed by atoms with Crippen LogP contribution in [0.4, 0.5) is 5.69 Å². The molecule has 2 heteroatoms. The first kappa shape index (κ1) is 12.4. The maximum absolute atomic E-state index is 3.64. The van der Waals surface area contributed by atoms with E-state index in [1.54, 1.807) is 0 Å². The number of anilines is 1. The molecule has 17 heavy (non-hydrogen) atoms. The lowest BCUT2D eigenvalue weighted by molar-refractivity contribution is 0.301. The lowest BCUT2D eigenvalue weighted by Gasteiger charge is -2.44. The standard InChI is InChI=1S/C15H24N2/c1-5-13-6-8-14(9-7-13)17-10-12(2)16-15(3,4)11-17/h6-9,12,16H,5,10-11H2,1-4H3. The van der Waals surface area contributed by atoms with Crippen LogP contribution >= 0.6 is 0 Å². The Morgan fingerprint density at radius 3 is 2.47 bits per heavy atom. The van der Waals surface area contributed by atoms with Crippen molar-refractivity contribution in [1.82, 2.24) is 5.32 Å². The van der Waals surface area contributed by atoms with Gasteiger partial charge in [0.1, 0.15) is 0 Å². The maximum Gasteiger partial charge on any atom is 0.0367 e. The minimum absolute atomic E-state index is 0.196. The predicted octanol–water partition coefficient (Wildman–Crippen LogP) is 2.83. The topological polar surface area (TPSA) is 15.3 Å². The van der Waals surface area contributed by atoms with Crippen molar-refractivity contribution >= 4 is 5.69 Å². The van der Waals surface area contributed by atoms with Crippen molar-refractivity contribution in [1.29, 1.82) is 0 Å². The van der Waals surface area contributed by atoms with Gasteiger partial charge < -0.3 is 10.2 Å². The van der Waals surface area contributed by atoms with Crippen LogP contribution in [-0.4, -0.2) is 24.7 Å². The number of hydrogen-bond donors (Lipinski definition) is 1. The minimum atomic E-state index is 0.196. The zero-order valence-corrected chi connectivity index (χ0v) is 11.5. The van der Waals surface area contributed by atoms with Crippen molar-refractivity contribution < 1.29 is 0 Å². The Bertz CT molecular complexity index is 367. The van der Waals surface area contributed by atoms with Crippen LogP contribution in [0.25, 0.3) is 0 Å². The quantitative estimate of drug-likeness (QED) is 0.843. The Balaban J connectivity index is 2.15. The van der Waals surface area contributed by atoms with E-state index in [1.165, 1.54) is 11.3 Å². The molecule has 2 nitrogen and oxygen atoms in total. The van der Waals surface area contributed by atoms with Gasteiger partial charge >= 0.3 is 0 Å². The van der Waals surface area contributed by atoms with Gasteiger partial charge in [0.2, 0.25) is 0 Å². The number of piperazine rings is 1. The lowest BCUT2D eigenvalue weighted by Crippen LogP contribution is -2.61. The lowest BCUT2D eigenvalue weighted by atomic mass is 9.98. The van der Waals surface area contributed by atoms with E-state index in [2.05, 4.69) is 62.2 Å². The average Bonchev–Trinajstić information content (AvgIpc) is 2.26. The molecule has 1 aliphatic heterocycles. The third-order valence-corrected chi connectivity index (χ3v) is 3.43. The highest BCUT2D eigenvalue weighted by Crippen LogP contribution is 2.22. The minimum Gasteiger partial charge on any atom is -0.368 e. The summed E-state index contributed by atoms with van der Waals surface area (Å²) in [6.07, 6.45) is 1.11. The number of nitrogens with zero attached hydrogens (tertiary/aromatic N) is 1. The van der Waals surface area contributed by atoms with E-state index in [9.17, 15) is 0 Å². The molecule has 0 amide bonds. The highest BCUT2D eigenvalue weighted by molar-refractivity contribution is 5.49. The van der Waals surface area contributed by atoms with E-state index in [4.69, 9.17) is 0 Å². The molecule has 1 unspecified atom stereocenters. The summed E-state index contributed by atoms with van der Waals surface area (Å²) in [7, 11) is 0. The number of benzene rings is 1. The fourth-order valence-corrected chi connectivity index (χ4v) is 2.77. The molecule has 94 valence electrons. The average molecular weight is 232 g/mol. The molecular formula is C15H24N2. The molecule has 1 atom stereocenters. The smallest absolute Gasteiger partial charge is 0.0367 e. The molecule has 0 radical (unpaired) electrons. The third-order valence-electron chi connectivity index (χ3n) is 3.43. The monoisotopic (exact) mass is 232 g/mol. The second kappa shape index (κ2) is 4.69. The van der Waals surface area contributed by atoms with Crippen LogP contribution in [0.3, 0.4) is 0 Å². The van der Waals surface area contributed by atoms with Crippen LogP contribution in [0.1, 0.15) is 33.3 Å². The predicted molar refractivity (Wildman–Crippen MR) is 74.7 cm³/mol. The van der Waals surface area contributed by atoms with Crippen molar-refractivity contribution in [3.63, 3.8) is 0 Å². The molecule has 1 aromatic rings. The molecule has 0 aliphatic carbocycles. The second-order valence-electron chi connectivity index (χ2n) is 5.83. The summed E-state index contributed by atoms with van der Waals surface area (Å²) in [5.41, 5.74) is 2.96. The van der Waals surface area contributed by atoms with E-state index < -0.39 is 0 Å². The summed E-state index contributed by atoms with van der Waals surface area (Å²) in [6, 6.07) is 9.55. The van der Waals surface area contributed by atoms with E-state index in [1.807, 2.05) is 0 Å². The molecule has 0 spiro atoms. The van der Waals surface area contributed by atoms with Gasteiger partial charge in [-0.05, 0) is 44.9 Å². The Kier molecular flexibility index (Phi) is 3.43. The molecule has 2 rings (SSSR count). The van der Waals surface area contributed by atoms with Crippen LogP contribution in [0.2, 0.25) is 0 Å². The zero-order chi connectivity index (χ0) is 12.5. The maximum atomic E-state index is 3.64. The largest absolute Gasteiger partial charge is 0.368 e. The van der Waals surface area contributed by atoms with Gasteiger partial charge in [0.15, 0.2) is 0 Å². The van der Waals surface area contributed by atoms with Gasteiger partial charge in [0.25, 0.3) is 0 Å². The van der Waals surface area contributed by atoms with Crippen LogP contribution in [0, 0.1) is 0 Å². The van der Waals surface area contributed by atoms with Crippen molar-refractivity contribution in [2.75, 3.05) is 18.0 Å². The van der Waals surface area contributed by atoms with E-state index in [-0.39, 0.29) is 5.54 Å². The van der Waals surface area contributed by atoms with Crippen molar-refractivity contribution in [3.8, 4) is 0 Å². The van der Waals surface area contributed by atoms with Gasteiger partial charge in [0.05, 0.1) is 0 Å². The zero-order valence-electron chi connectivity index (χ0n) is 11.5. The van der Waals surface area contributed by atoms with Crippen LogP contribution in [-0.2, 0) is 6.42 Å². The summed E-state index contributed by atoms with van der Waals surface area (Å²) in [6.45, 7) is 11.2. The van der Waals surface area contributed by atoms with E-state index in [0.29, 0.717) is 6.04 Å². The summed E-state index contributed by atoms with van der Waals surface area (Å²) in [4.78, 5) is 2.49. The number of nitrogens with one attached hydrogen (secondary N) is 1. The van der Waals surface area contributed by atoms with E-state index >= 15 is 0 Å². The molecule has 1 N–H and O–H groups in total. The van der Waals surface area contributed by atoms with Gasteiger partial charge in [-0.25, -0.2) is 0 Å². The number of aryl methyl sites for hydroxylation is 1. The van der Waals surface area contributed by atoms with Crippen LogP contribution in [0.5, 0.6) is 0 Å². The Morgan fingerprint density at radius 2 is 1.94 bits per heavy atom. The Morgan fingerprint density at radius 1 is 1.29 bits per heavy atom. The molecule has 1 aromatic carbocycles. The van der Waals surface area contributed by atoms with Gasteiger partial charge in [0, 0.05) is 30.4 Å². The van der Waals surface area contributed by atoms with Crippen molar-refractivity contribution in [3.05, 3.63) is 29.8 Å². The molecule has 1 heterocycles. The molecule has 1 saturated heterocycles. The van der Waals surface area contributed by atoms with Gasteiger partial charge in [-0.3, -0.25) is 0 Å². The van der Waals surface area contributed by atoms with E-state index in [0.717, 1.165) is 19.5 Å². The molecule has 0 aromatic heterocycles. The normalized spacial score (nSPS) is 23.8. The third kappa shape index (κ3) is 3.01. The highest BCUT2D eigenvalue weighted by Gasteiger charge is 2.29. The van der Waals surface area contributed by atoms with Gasteiger partial charge in [-0.2, -0.15) is 0 Å². The summed E-state index contributed by atoms with van der Waals surface area (Å²) in [5.74, 6) is 0. The van der Waals surface area contributed by atoms with Crippen molar-refractivity contribution in [2.45, 2.75) is 45.7 Å². The molecule has 1 aliphatic rings. The number of hydrogen-bond acceptors (Lipinski definition) is 2. The van der Waals surface area contributed by atoms with Crippen LogP contribution in [0.15, 0.2) is 24.3 Å². The summed E-state index contributed by atoms with van der Waals surface area (Å²) < 4.78 is 0. The molecule has 1 fully saturated rings. The number of rotatable bonds is 2. The van der Waals surface area contributed by atoms with Gasteiger partial charge in [-0.15, -0.1) is 0 Å². The SMILES string of the molecule is CCc1ccc(N2CC(C)NC(C)(C)C2)cc1. The first-order valence-electron chi connectivity index (χ1n) is 6.62. The summed E-state index contributed by atoms with van der Waals surface area (Å²) >= 11 is 0.